The Morgan fingerprint density at radius 1 is 0.500 bits per heavy atom. The topological polar surface area (TPSA) is 133 Å². The van der Waals surface area contributed by atoms with Gasteiger partial charge in [0, 0.05) is 54.6 Å². The standard InChI is InChI=1S/C38H34N4O8P2/c1-38(2,3)35-30(44-4)22-21-28(37(35)50-52(48-33-19-9-13-25-41-33)49-34-20-10-14-26-42-34)36(43)27-15-5-6-16-29(27)45-51(46-31-17-7-11-23-39-31)47-32-18-8-12-24-40-32/h5-26H,1-4H3. The van der Waals surface area contributed by atoms with E-state index in [4.69, 9.17) is 31.9 Å². The number of methoxy groups -OCH3 is 1. The fraction of sp³-hybridized carbons (Fsp3) is 0.132. The number of ether oxygens (including phenoxy) is 1. The summed E-state index contributed by atoms with van der Waals surface area (Å²) in [7, 11) is -2.91. The van der Waals surface area contributed by atoms with E-state index in [1.807, 2.05) is 20.8 Å². The molecular formula is C38H34N4O8P2. The van der Waals surface area contributed by atoms with Crippen LogP contribution >= 0.6 is 17.2 Å². The average Bonchev–Trinajstić information content (AvgIpc) is 3.16. The summed E-state index contributed by atoms with van der Waals surface area (Å²) < 4.78 is 43.1. The number of hydrogen-bond acceptors (Lipinski definition) is 12. The van der Waals surface area contributed by atoms with Crippen LogP contribution < -0.4 is 31.9 Å². The first kappa shape index (κ1) is 36.0. The highest BCUT2D eigenvalue weighted by atomic mass is 31.2. The highest BCUT2D eigenvalue weighted by Crippen LogP contribution is 2.50. The molecule has 12 nitrogen and oxygen atoms in total. The number of aromatic nitrogens is 4. The maximum Gasteiger partial charge on any atom is 0.532 e. The molecule has 14 heteroatoms. The van der Waals surface area contributed by atoms with Crippen molar-refractivity contribution in [3.05, 3.63) is 151 Å². The first-order valence-electron chi connectivity index (χ1n) is 16.0. The molecule has 0 unspecified atom stereocenters. The van der Waals surface area contributed by atoms with Gasteiger partial charge in [0.2, 0.25) is 29.3 Å². The van der Waals surface area contributed by atoms with Crippen LogP contribution in [0.3, 0.4) is 0 Å². The lowest BCUT2D eigenvalue weighted by atomic mass is 9.83. The number of benzene rings is 2. The fourth-order valence-electron chi connectivity index (χ4n) is 4.77. The summed E-state index contributed by atoms with van der Waals surface area (Å²) >= 11 is 0. The Kier molecular flexibility index (Phi) is 11.7. The van der Waals surface area contributed by atoms with Crippen molar-refractivity contribution in [2.45, 2.75) is 26.2 Å². The van der Waals surface area contributed by atoms with E-state index in [1.165, 1.54) is 0 Å². The molecular weight excluding hydrogens is 702 g/mol. The molecule has 6 rings (SSSR count). The van der Waals surface area contributed by atoms with Gasteiger partial charge in [-0.05, 0) is 53.9 Å². The van der Waals surface area contributed by atoms with Gasteiger partial charge in [-0.25, -0.2) is 19.9 Å². The molecule has 2 aromatic carbocycles. The Morgan fingerprint density at radius 2 is 0.942 bits per heavy atom. The first-order valence-corrected chi connectivity index (χ1v) is 18.1. The number of nitrogens with zero attached hydrogens (tertiary/aromatic N) is 4. The molecule has 264 valence electrons. The predicted molar refractivity (Wildman–Crippen MR) is 196 cm³/mol. The summed E-state index contributed by atoms with van der Waals surface area (Å²) in [6.45, 7) is 5.96. The number of carbonyl (C=O) groups is 1. The number of rotatable bonds is 15. The summed E-state index contributed by atoms with van der Waals surface area (Å²) in [5.74, 6) is 1.52. The van der Waals surface area contributed by atoms with Crippen LogP contribution in [0.25, 0.3) is 0 Å². The van der Waals surface area contributed by atoms with Crippen molar-refractivity contribution in [2.24, 2.45) is 0 Å². The third kappa shape index (κ3) is 9.28. The molecule has 0 saturated heterocycles. The molecule has 0 bridgehead atoms. The summed E-state index contributed by atoms with van der Waals surface area (Å²) in [5, 5.41) is 0. The van der Waals surface area contributed by atoms with Crippen LogP contribution in [0.1, 0.15) is 42.3 Å². The van der Waals surface area contributed by atoms with Gasteiger partial charge >= 0.3 is 17.2 Å². The minimum Gasteiger partial charge on any atom is -0.496 e. The smallest absolute Gasteiger partial charge is 0.496 e. The second-order valence-corrected chi connectivity index (χ2v) is 13.8. The minimum absolute atomic E-state index is 0.196. The maximum atomic E-state index is 14.8. The Bertz CT molecular complexity index is 1980. The molecule has 0 aliphatic carbocycles. The monoisotopic (exact) mass is 736 g/mol. The molecule has 4 heterocycles. The van der Waals surface area contributed by atoms with Gasteiger partial charge in [-0.1, -0.05) is 57.2 Å². The SMILES string of the molecule is COc1ccc(C(=O)c2ccccc2OP(Oc2ccccn2)Oc2ccccn2)c(OP(Oc2ccccn2)Oc2ccccn2)c1C(C)(C)C. The highest BCUT2D eigenvalue weighted by molar-refractivity contribution is 7.43. The van der Waals surface area contributed by atoms with Gasteiger partial charge in [0.25, 0.3) is 0 Å². The van der Waals surface area contributed by atoms with Crippen molar-refractivity contribution in [3.8, 4) is 40.8 Å². The molecule has 6 aromatic rings. The quantitative estimate of drug-likeness (QED) is 0.0735. The van der Waals surface area contributed by atoms with E-state index in [9.17, 15) is 4.79 Å². The van der Waals surface area contributed by atoms with Crippen LogP contribution in [0, 0.1) is 0 Å². The Morgan fingerprint density at radius 3 is 1.37 bits per heavy atom. The van der Waals surface area contributed by atoms with Crippen molar-refractivity contribution in [1.29, 1.82) is 0 Å². The third-order valence-corrected chi connectivity index (χ3v) is 9.05. The van der Waals surface area contributed by atoms with E-state index >= 15 is 0 Å². The van der Waals surface area contributed by atoms with Crippen LogP contribution in [0.15, 0.2) is 134 Å². The average molecular weight is 737 g/mol. The van der Waals surface area contributed by atoms with Crippen LogP contribution in [-0.4, -0.2) is 32.8 Å². The van der Waals surface area contributed by atoms with Gasteiger partial charge in [-0.2, -0.15) is 0 Å². The van der Waals surface area contributed by atoms with Crippen LogP contribution in [-0.2, 0) is 5.41 Å². The van der Waals surface area contributed by atoms with Gasteiger partial charge < -0.3 is 31.9 Å². The Hall–Kier alpha value is -5.83. The normalized spacial score (nSPS) is 11.1. The molecule has 52 heavy (non-hydrogen) atoms. The number of pyridine rings is 4. The summed E-state index contributed by atoms with van der Waals surface area (Å²) in [4.78, 5) is 31.8. The lowest BCUT2D eigenvalue weighted by Gasteiger charge is -2.28. The molecule has 4 aromatic heterocycles. The molecule has 0 N–H and O–H groups in total. The summed E-state index contributed by atoms with van der Waals surface area (Å²) in [6.07, 6.45) is 6.35. The van der Waals surface area contributed by atoms with E-state index in [0.717, 1.165) is 0 Å². The van der Waals surface area contributed by atoms with E-state index in [1.54, 1.807) is 141 Å². The predicted octanol–water partition coefficient (Wildman–Crippen LogP) is 9.33. The number of ketones is 1. The van der Waals surface area contributed by atoms with Crippen molar-refractivity contribution in [1.82, 2.24) is 19.9 Å². The number of carbonyl (C=O) groups excluding carboxylic acids is 1. The van der Waals surface area contributed by atoms with E-state index in [0.29, 0.717) is 11.3 Å². The molecule has 0 aliphatic rings. The van der Waals surface area contributed by atoms with E-state index in [2.05, 4.69) is 19.9 Å². The minimum atomic E-state index is -2.27. The first-order chi connectivity index (χ1) is 25.3. The zero-order chi connectivity index (χ0) is 36.3. The lowest BCUT2D eigenvalue weighted by Crippen LogP contribution is -2.18. The second-order valence-electron chi connectivity index (χ2n) is 11.8. The van der Waals surface area contributed by atoms with E-state index < -0.39 is 28.4 Å². The van der Waals surface area contributed by atoms with Gasteiger partial charge in [0.1, 0.15) is 17.2 Å². The largest absolute Gasteiger partial charge is 0.532 e. The molecule has 0 fully saturated rings. The van der Waals surface area contributed by atoms with Crippen molar-refractivity contribution >= 4 is 23.0 Å². The van der Waals surface area contributed by atoms with Gasteiger partial charge in [-0.3, -0.25) is 4.79 Å². The van der Waals surface area contributed by atoms with Crippen LogP contribution in [0.2, 0.25) is 0 Å². The molecule has 0 amide bonds. The summed E-state index contributed by atoms with van der Waals surface area (Å²) in [6, 6.07) is 31.0. The Labute approximate surface area is 303 Å². The molecule has 0 radical (unpaired) electrons. The second kappa shape index (κ2) is 16.9. The van der Waals surface area contributed by atoms with Crippen molar-refractivity contribution in [3.63, 3.8) is 0 Å². The third-order valence-electron chi connectivity index (χ3n) is 7.03. The molecule has 0 spiro atoms. The van der Waals surface area contributed by atoms with Crippen LogP contribution in [0.4, 0.5) is 0 Å². The van der Waals surface area contributed by atoms with Gasteiger partial charge in [-0.15, -0.1) is 0 Å². The van der Waals surface area contributed by atoms with E-state index in [-0.39, 0.29) is 46.1 Å². The van der Waals surface area contributed by atoms with Crippen molar-refractivity contribution in [2.75, 3.05) is 7.11 Å². The Balaban J connectivity index is 1.41. The zero-order valence-electron chi connectivity index (χ0n) is 28.7. The molecule has 0 aliphatic heterocycles. The van der Waals surface area contributed by atoms with Crippen molar-refractivity contribution < 1.29 is 36.7 Å². The fourth-order valence-corrected chi connectivity index (χ4v) is 6.70. The highest BCUT2D eigenvalue weighted by Gasteiger charge is 2.34. The number of para-hydroxylation sites is 1. The number of hydrogen-bond donors (Lipinski definition) is 0. The maximum absolute atomic E-state index is 14.8. The van der Waals surface area contributed by atoms with Gasteiger partial charge in [0.15, 0.2) is 0 Å². The van der Waals surface area contributed by atoms with Crippen LogP contribution in [0.5, 0.6) is 40.8 Å². The lowest BCUT2D eigenvalue weighted by molar-refractivity contribution is 0.103. The van der Waals surface area contributed by atoms with Gasteiger partial charge in [0.05, 0.1) is 18.2 Å². The zero-order valence-corrected chi connectivity index (χ0v) is 30.4. The summed E-state index contributed by atoms with van der Waals surface area (Å²) in [5.41, 5.74) is 0.440. The molecule has 0 atom stereocenters. The molecule has 0 saturated carbocycles.